The number of hydrogen-bond acceptors (Lipinski definition) is 6. The molecule has 0 aliphatic carbocycles. The van der Waals surface area contributed by atoms with E-state index in [0.717, 1.165) is 25.3 Å². The maximum atomic E-state index is 11.3. The van der Waals surface area contributed by atoms with Crippen molar-refractivity contribution < 1.29 is 14.3 Å². The normalized spacial score (nSPS) is 23.2. The molecule has 2 heterocycles. The van der Waals surface area contributed by atoms with Crippen molar-refractivity contribution in [1.82, 2.24) is 10.2 Å². The molecule has 0 saturated carbocycles. The second-order valence-electron chi connectivity index (χ2n) is 4.84. The Labute approximate surface area is 112 Å². The molecule has 1 fully saturated rings. The van der Waals surface area contributed by atoms with E-state index in [-0.39, 0.29) is 11.3 Å². The van der Waals surface area contributed by atoms with Crippen LogP contribution >= 0.6 is 0 Å². The number of morpholine rings is 1. The zero-order chi connectivity index (χ0) is 13.9. The Morgan fingerprint density at radius 2 is 2.32 bits per heavy atom. The number of carbonyl (C=O) groups is 1. The number of ether oxygens (including phenoxy) is 2. The molecule has 2 rings (SSSR count). The average molecular weight is 265 g/mol. The minimum absolute atomic E-state index is 0.152. The fourth-order valence-corrected chi connectivity index (χ4v) is 2.05. The van der Waals surface area contributed by atoms with Gasteiger partial charge in [-0.25, -0.2) is 4.79 Å². The van der Waals surface area contributed by atoms with Crippen molar-refractivity contribution in [3.63, 3.8) is 0 Å². The van der Waals surface area contributed by atoms with E-state index in [4.69, 9.17) is 4.74 Å². The monoisotopic (exact) mass is 265 g/mol. The fourth-order valence-electron chi connectivity index (χ4n) is 2.05. The summed E-state index contributed by atoms with van der Waals surface area (Å²) < 4.78 is 10.4. The van der Waals surface area contributed by atoms with Gasteiger partial charge in [0.2, 0.25) is 0 Å². The highest BCUT2D eigenvalue weighted by Crippen LogP contribution is 2.24. The van der Waals surface area contributed by atoms with Gasteiger partial charge in [-0.15, -0.1) is 10.2 Å². The lowest BCUT2D eigenvalue weighted by molar-refractivity contribution is -0.0443. The van der Waals surface area contributed by atoms with E-state index < -0.39 is 5.97 Å². The highest BCUT2D eigenvalue weighted by atomic mass is 16.5. The first-order valence-electron chi connectivity index (χ1n) is 6.39. The zero-order valence-electron chi connectivity index (χ0n) is 11.5. The number of esters is 1. The standard InChI is InChI=1S/C13H19N3O3/c1-4-13(2)9-16(7-8-19-13)11-6-5-10(14-15-11)12(17)18-3/h5-6H,4,7-9H2,1-3H3. The van der Waals surface area contributed by atoms with E-state index in [1.54, 1.807) is 12.1 Å². The molecule has 6 heteroatoms. The maximum absolute atomic E-state index is 11.3. The maximum Gasteiger partial charge on any atom is 0.358 e. The number of carbonyl (C=O) groups excluding carboxylic acids is 1. The molecule has 0 radical (unpaired) electrons. The van der Waals surface area contributed by atoms with Crippen LogP contribution in [-0.4, -0.2) is 48.6 Å². The highest BCUT2D eigenvalue weighted by Gasteiger charge is 2.31. The van der Waals surface area contributed by atoms with Crippen LogP contribution in [0.3, 0.4) is 0 Å². The van der Waals surface area contributed by atoms with Crippen LogP contribution in [0.1, 0.15) is 30.8 Å². The van der Waals surface area contributed by atoms with Gasteiger partial charge in [0.1, 0.15) is 0 Å². The summed E-state index contributed by atoms with van der Waals surface area (Å²) >= 11 is 0. The third kappa shape index (κ3) is 3.01. The molecular weight excluding hydrogens is 246 g/mol. The Hall–Kier alpha value is -1.69. The van der Waals surface area contributed by atoms with Crippen LogP contribution < -0.4 is 4.90 Å². The summed E-state index contributed by atoms with van der Waals surface area (Å²) in [6.45, 7) is 6.42. The molecule has 19 heavy (non-hydrogen) atoms. The molecule has 0 bridgehead atoms. The summed E-state index contributed by atoms with van der Waals surface area (Å²) in [5.74, 6) is 0.287. The van der Waals surface area contributed by atoms with Crippen LogP contribution in [0.15, 0.2) is 12.1 Å². The molecule has 1 aliphatic rings. The summed E-state index contributed by atoms with van der Waals surface area (Å²) in [4.78, 5) is 13.4. The zero-order valence-corrected chi connectivity index (χ0v) is 11.5. The molecule has 1 aromatic heterocycles. The van der Waals surface area contributed by atoms with Gasteiger partial charge in [0.05, 0.1) is 19.3 Å². The lowest BCUT2D eigenvalue weighted by atomic mass is 10.0. The molecule has 0 amide bonds. The largest absolute Gasteiger partial charge is 0.464 e. The summed E-state index contributed by atoms with van der Waals surface area (Å²) in [6.07, 6.45) is 0.942. The Morgan fingerprint density at radius 1 is 1.53 bits per heavy atom. The average Bonchev–Trinajstić information content (AvgIpc) is 2.46. The first kappa shape index (κ1) is 13.7. The molecule has 6 nitrogen and oxygen atoms in total. The third-order valence-electron chi connectivity index (χ3n) is 3.45. The van der Waals surface area contributed by atoms with Crippen molar-refractivity contribution in [1.29, 1.82) is 0 Å². The van der Waals surface area contributed by atoms with Crippen molar-refractivity contribution in [3.05, 3.63) is 17.8 Å². The molecule has 0 aromatic carbocycles. The van der Waals surface area contributed by atoms with Gasteiger partial charge in [0.25, 0.3) is 0 Å². The molecule has 1 atom stereocenters. The number of methoxy groups -OCH3 is 1. The number of hydrogen-bond donors (Lipinski definition) is 0. The van der Waals surface area contributed by atoms with Crippen molar-refractivity contribution in [2.75, 3.05) is 31.7 Å². The quantitative estimate of drug-likeness (QED) is 0.767. The van der Waals surface area contributed by atoms with Gasteiger partial charge in [-0.3, -0.25) is 0 Å². The van der Waals surface area contributed by atoms with E-state index in [9.17, 15) is 4.79 Å². The van der Waals surface area contributed by atoms with E-state index in [1.165, 1.54) is 7.11 Å². The van der Waals surface area contributed by atoms with Crippen LogP contribution in [0.5, 0.6) is 0 Å². The molecule has 1 aliphatic heterocycles. The minimum atomic E-state index is -0.473. The first-order valence-corrected chi connectivity index (χ1v) is 6.39. The van der Waals surface area contributed by atoms with Crippen LogP contribution in [0.4, 0.5) is 5.82 Å². The molecule has 1 saturated heterocycles. The van der Waals surface area contributed by atoms with Gasteiger partial charge in [0, 0.05) is 13.1 Å². The number of rotatable bonds is 3. The SMILES string of the molecule is CCC1(C)CN(c2ccc(C(=O)OC)nn2)CCO1. The summed E-state index contributed by atoms with van der Waals surface area (Å²) in [5, 5.41) is 7.98. The Morgan fingerprint density at radius 3 is 2.89 bits per heavy atom. The second kappa shape index (κ2) is 5.52. The molecule has 104 valence electrons. The molecular formula is C13H19N3O3. The van der Waals surface area contributed by atoms with Gasteiger partial charge in [0.15, 0.2) is 11.5 Å². The van der Waals surface area contributed by atoms with Gasteiger partial charge >= 0.3 is 5.97 Å². The molecule has 1 unspecified atom stereocenters. The molecule has 0 N–H and O–H groups in total. The van der Waals surface area contributed by atoms with Crippen LogP contribution in [0, 0.1) is 0 Å². The van der Waals surface area contributed by atoms with Crippen molar-refractivity contribution in [2.24, 2.45) is 0 Å². The van der Waals surface area contributed by atoms with Crippen molar-refractivity contribution in [3.8, 4) is 0 Å². The topological polar surface area (TPSA) is 64.6 Å². The Balaban J connectivity index is 2.12. The van der Waals surface area contributed by atoms with Gasteiger partial charge < -0.3 is 14.4 Å². The van der Waals surface area contributed by atoms with Gasteiger partial charge in [-0.1, -0.05) is 6.92 Å². The van der Waals surface area contributed by atoms with Crippen molar-refractivity contribution in [2.45, 2.75) is 25.9 Å². The van der Waals surface area contributed by atoms with E-state index in [0.29, 0.717) is 6.61 Å². The van der Waals surface area contributed by atoms with Crippen LogP contribution in [-0.2, 0) is 9.47 Å². The molecule has 0 spiro atoms. The van der Waals surface area contributed by atoms with Crippen molar-refractivity contribution >= 4 is 11.8 Å². The summed E-state index contributed by atoms with van der Waals surface area (Å²) in [5.41, 5.74) is 0.0683. The first-order chi connectivity index (χ1) is 9.08. The fraction of sp³-hybridized carbons (Fsp3) is 0.615. The van der Waals surface area contributed by atoms with Crippen LogP contribution in [0.25, 0.3) is 0 Å². The number of aromatic nitrogens is 2. The highest BCUT2D eigenvalue weighted by molar-refractivity contribution is 5.86. The van der Waals surface area contributed by atoms with E-state index in [2.05, 4.69) is 33.7 Å². The van der Waals surface area contributed by atoms with Gasteiger partial charge in [-0.05, 0) is 25.5 Å². The number of anilines is 1. The van der Waals surface area contributed by atoms with E-state index in [1.807, 2.05) is 0 Å². The Kier molecular flexibility index (Phi) is 3.99. The lowest BCUT2D eigenvalue weighted by Gasteiger charge is -2.40. The Bertz CT molecular complexity index is 449. The minimum Gasteiger partial charge on any atom is -0.464 e. The molecule has 1 aromatic rings. The third-order valence-corrected chi connectivity index (χ3v) is 3.45. The van der Waals surface area contributed by atoms with Gasteiger partial charge in [-0.2, -0.15) is 0 Å². The summed E-state index contributed by atoms with van der Waals surface area (Å²) in [7, 11) is 1.33. The van der Waals surface area contributed by atoms with E-state index >= 15 is 0 Å². The summed E-state index contributed by atoms with van der Waals surface area (Å²) in [6, 6.07) is 3.42. The smallest absolute Gasteiger partial charge is 0.358 e. The van der Waals surface area contributed by atoms with Crippen LogP contribution in [0.2, 0.25) is 0 Å². The lowest BCUT2D eigenvalue weighted by Crippen LogP contribution is -2.50. The second-order valence-corrected chi connectivity index (χ2v) is 4.84. The predicted molar refractivity (Wildman–Crippen MR) is 70.2 cm³/mol. The number of nitrogens with zero attached hydrogens (tertiary/aromatic N) is 3. The predicted octanol–water partition coefficient (Wildman–Crippen LogP) is 1.27.